The van der Waals surface area contributed by atoms with Gasteiger partial charge in [-0.2, -0.15) is 14.8 Å². The molecule has 20 nitrogen and oxygen atoms in total. The van der Waals surface area contributed by atoms with Crippen LogP contribution in [-0.2, 0) is 28.8 Å². The van der Waals surface area contributed by atoms with E-state index in [-0.39, 0.29) is 117 Å². The molecule has 3 aromatic rings. The molecule has 2 amide bonds. The number of rotatable bonds is 14. The van der Waals surface area contributed by atoms with E-state index in [1.54, 1.807) is 4.90 Å². The molecule has 2 saturated heterocycles. The van der Waals surface area contributed by atoms with E-state index in [0.717, 1.165) is 49.3 Å². The van der Waals surface area contributed by atoms with Crippen LogP contribution in [0.4, 0.5) is 5.13 Å². The number of hydrogen-bond acceptors (Lipinski definition) is 18. The van der Waals surface area contributed by atoms with Crippen molar-refractivity contribution in [1.29, 1.82) is 0 Å². The fourth-order valence-electron chi connectivity index (χ4n) is 6.56. The Kier molecular flexibility index (Phi) is 18.1. The van der Waals surface area contributed by atoms with Crippen molar-refractivity contribution in [2.24, 2.45) is 11.1 Å². The van der Waals surface area contributed by atoms with Gasteiger partial charge in [0.2, 0.25) is 5.91 Å². The number of nitrogens with zero attached hydrogens (tertiary/aromatic N) is 8. The number of anilines is 1. The summed E-state index contributed by atoms with van der Waals surface area (Å²) < 4.78 is 0.611. The SMILES string of the molecule is O=C=O.[CH2-][C@H](O/N=C(\C(=O)C[C@@H]1C(=O)N2C(c3nnn[n-]3)=C(C[N+]3(CCNC(=O)c4ccc(O)c(O)c4Cl)CCCCC3)CS[C@H]12)c1csc(N)n1)C(=O)[O-].[Na+].[Na+]. The van der Waals surface area contributed by atoms with Crippen LogP contribution in [0.25, 0.3) is 5.70 Å². The van der Waals surface area contributed by atoms with Crippen LogP contribution in [0.1, 0.15) is 47.6 Å². The minimum absolute atomic E-state index is 0. The Labute approximate surface area is 382 Å². The van der Waals surface area contributed by atoms with Gasteiger partial charge in [0.05, 0.1) is 65.5 Å². The first-order chi connectivity index (χ1) is 26.3. The smallest absolute Gasteiger partial charge is 0.549 e. The molecule has 3 aliphatic heterocycles. The number of aliphatic carboxylic acids is 1. The van der Waals surface area contributed by atoms with Gasteiger partial charge in [0, 0.05) is 29.2 Å². The number of ketones is 1. The molecule has 2 fully saturated rings. The van der Waals surface area contributed by atoms with Crippen molar-refractivity contribution < 1.29 is 113 Å². The average molecular weight is 863 g/mol. The van der Waals surface area contributed by atoms with Crippen molar-refractivity contribution in [2.75, 3.05) is 44.2 Å². The number of carbonyl (C=O) groups excluding carboxylic acids is 6. The van der Waals surface area contributed by atoms with Crippen LogP contribution in [-0.4, -0.2) is 125 Å². The summed E-state index contributed by atoms with van der Waals surface area (Å²) >= 11 is 8.64. The summed E-state index contributed by atoms with van der Waals surface area (Å²) in [5.74, 6) is -4.18. The average Bonchev–Trinajstić information content (AvgIpc) is 3.86. The Bertz CT molecular complexity index is 2040. The maximum absolute atomic E-state index is 13.9. The normalized spacial score (nSPS) is 18.9. The molecule has 0 bridgehead atoms. The summed E-state index contributed by atoms with van der Waals surface area (Å²) in [6.45, 7) is 6.29. The second kappa shape index (κ2) is 21.6. The van der Waals surface area contributed by atoms with Crippen LogP contribution in [0, 0.1) is 12.8 Å². The fraction of sp³-hybridized carbons (Fsp3) is 0.406. The third-order valence-electron chi connectivity index (χ3n) is 9.16. The molecule has 25 heteroatoms. The van der Waals surface area contributed by atoms with Crippen molar-refractivity contribution in [1.82, 2.24) is 35.8 Å². The topological polar surface area (TPSA) is 294 Å². The molecule has 5 N–H and O–H groups in total. The molecule has 3 aliphatic rings. The summed E-state index contributed by atoms with van der Waals surface area (Å²) in [6.07, 6.45) is 1.26. The van der Waals surface area contributed by atoms with Crippen molar-refractivity contribution in [3.63, 3.8) is 0 Å². The van der Waals surface area contributed by atoms with Gasteiger partial charge in [-0.3, -0.25) is 36.5 Å². The molecule has 0 saturated carbocycles. The predicted octanol–water partition coefficient (Wildman–Crippen LogP) is -6.64. The van der Waals surface area contributed by atoms with Gasteiger partial charge in [0.25, 0.3) is 5.91 Å². The van der Waals surface area contributed by atoms with E-state index < -0.39 is 46.6 Å². The first kappa shape index (κ1) is 48.0. The number of nitrogen functional groups attached to an aromatic ring is 1. The van der Waals surface area contributed by atoms with Crippen molar-refractivity contribution in [2.45, 2.75) is 37.2 Å². The van der Waals surface area contributed by atoms with Crippen LogP contribution in [0.5, 0.6) is 11.5 Å². The van der Waals surface area contributed by atoms with Crippen LogP contribution in [0.3, 0.4) is 0 Å². The van der Waals surface area contributed by atoms with Crippen molar-refractivity contribution >= 4 is 81.0 Å². The number of nitrogens with two attached hydrogens (primary N) is 1. The van der Waals surface area contributed by atoms with E-state index in [1.807, 2.05) is 0 Å². The molecular weight excluding hydrogens is 830 g/mol. The molecule has 57 heavy (non-hydrogen) atoms. The second-order valence-corrected chi connectivity index (χ2v) is 15.0. The molecule has 0 spiro atoms. The number of phenols is 2. The van der Waals surface area contributed by atoms with Gasteiger partial charge in [-0.1, -0.05) is 16.8 Å². The standard InChI is InChI=1S/C31H35ClN10O8S2.CO2.2Na/c1-15(30(48)49)50-38-23(19-14-52-31(33)35-19)21(44)11-18-28(47)41-24(26-36-39-40-37-26)16(13-51-29(18)41)12-42(8-3-2-4-9-42)10-7-34-27(46)17-5-6-20(43)25(45)22(17)32;2-1-3;;/h5-6,14-15,18,29H,1-4,7-13H2,(H7,33,34,35,36,37,38,39,40,43,44,45,46,48,49);;;/q;;2*+1/p-2/t15-,18+,29+;;;/m0.../s1. The summed E-state index contributed by atoms with van der Waals surface area (Å²) in [6, 6.07) is 2.53. The number of fused-ring (bicyclic) bond motifs is 1. The number of tetrazole rings is 1. The predicted molar refractivity (Wildman–Crippen MR) is 190 cm³/mol. The summed E-state index contributed by atoms with van der Waals surface area (Å²) in [5, 5.41) is 53.8. The number of carboxylic acids is 1. The number of β-lactam (4-membered cyclic amide) rings is 1. The third-order valence-corrected chi connectivity index (χ3v) is 11.6. The molecule has 1 aromatic carbocycles. The van der Waals surface area contributed by atoms with Crippen molar-refractivity contribution in [3.05, 3.63) is 52.1 Å². The number of hydrogen-bond donors (Lipinski definition) is 4. The Hall–Kier alpha value is -3.41. The van der Waals surface area contributed by atoms with Gasteiger partial charge in [0.1, 0.15) is 12.2 Å². The van der Waals surface area contributed by atoms with Gasteiger partial charge in [-0.15, -0.1) is 23.1 Å². The number of carboxylic acid groups (broad SMARTS) is 1. The van der Waals surface area contributed by atoms with Crippen molar-refractivity contribution in [3.8, 4) is 11.5 Å². The number of amides is 2. The maximum atomic E-state index is 13.9. The molecule has 5 heterocycles. The van der Waals surface area contributed by atoms with E-state index in [1.165, 1.54) is 29.3 Å². The zero-order valence-electron chi connectivity index (χ0n) is 30.8. The van der Waals surface area contributed by atoms with Gasteiger partial charge in [0.15, 0.2) is 28.1 Å². The quantitative estimate of drug-likeness (QED) is 0.0223. The summed E-state index contributed by atoms with van der Waals surface area (Å²) in [5.41, 5.74) is 6.93. The molecule has 292 valence electrons. The number of phenolic OH excluding ortho intramolecular Hbond substituents is 2. The number of aromatic hydroxyl groups is 2. The number of nitrogens with one attached hydrogen (secondary N) is 1. The number of thioether (sulfide) groups is 1. The third kappa shape index (κ3) is 11.2. The number of quaternary nitrogens is 1. The molecule has 2 aromatic heterocycles. The van der Waals surface area contributed by atoms with Crippen LogP contribution in [0.15, 0.2) is 28.2 Å². The summed E-state index contributed by atoms with van der Waals surface area (Å²) in [7, 11) is 0. The van der Waals surface area contributed by atoms with E-state index in [4.69, 9.17) is 31.8 Å². The van der Waals surface area contributed by atoms with E-state index in [0.29, 0.717) is 29.0 Å². The van der Waals surface area contributed by atoms with Gasteiger partial charge in [-0.25, -0.2) is 4.98 Å². The largest absolute Gasteiger partial charge is 1.00 e. The Balaban J connectivity index is 0.00000169. The molecular formula is C32H33ClN10Na2O10S2. The number of halogens is 1. The van der Waals surface area contributed by atoms with E-state index >= 15 is 0 Å². The zero-order valence-corrected chi connectivity index (χ0v) is 37.1. The number of piperidine rings is 1. The molecule has 3 atom stereocenters. The number of Topliss-reactive ketones (excluding diaryl/α,β-unsaturated/α-hetero) is 1. The molecule has 0 radical (unpaired) electrons. The number of likely N-dealkylation sites (tertiary alicyclic amines) is 1. The Morgan fingerprint density at radius 2 is 1.93 bits per heavy atom. The minimum atomic E-state index is -1.69. The molecule has 6 rings (SSSR count). The Morgan fingerprint density at radius 3 is 2.54 bits per heavy atom. The monoisotopic (exact) mass is 862 g/mol. The van der Waals surface area contributed by atoms with Gasteiger partial charge in [-0.05, 0) is 31.4 Å². The second-order valence-electron chi connectivity index (χ2n) is 12.6. The van der Waals surface area contributed by atoms with E-state index in [9.17, 15) is 34.5 Å². The maximum Gasteiger partial charge on any atom is 1.00 e. The number of thiazole rings is 1. The van der Waals surface area contributed by atoms with Crippen LogP contribution in [0.2, 0.25) is 5.02 Å². The van der Waals surface area contributed by atoms with Gasteiger partial charge >= 0.3 is 65.3 Å². The number of aromatic nitrogens is 5. The number of oxime groups is 1. The zero-order chi connectivity index (χ0) is 39.9. The number of carbonyl (C=O) groups is 4. The minimum Gasteiger partial charge on any atom is -0.549 e. The Morgan fingerprint density at radius 1 is 1.23 bits per heavy atom. The first-order valence-corrected chi connectivity index (χ1v) is 18.8. The van der Waals surface area contributed by atoms with Gasteiger partial charge < -0.3 is 45.6 Å². The first-order valence-electron chi connectivity index (χ1n) is 16.5. The fourth-order valence-corrected chi connectivity index (χ4v) is 8.76. The molecule has 0 aliphatic carbocycles. The van der Waals surface area contributed by atoms with Crippen LogP contribution < -0.4 is 80.4 Å². The van der Waals surface area contributed by atoms with Crippen LogP contribution >= 0.6 is 34.7 Å². The summed E-state index contributed by atoms with van der Waals surface area (Å²) in [4.78, 5) is 78.3. The van der Waals surface area contributed by atoms with E-state index in [2.05, 4.69) is 43.0 Å². The number of benzene rings is 1. The molecule has 0 unspecified atom stereocenters.